The minimum atomic E-state index is -0.567. The first kappa shape index (κ1) is 12.5. The van der Waals surface area contributed by atoms with E-state index in [-0.39, 0.29) is 0 Å². The monoisotopic (exact) mass is 251 g/mol. The molecule has 2 N–H and O–H groups in total. The van der Waals surface area contributed by atoms with Gasteiger partial charge in [0.15, 0.2) is 0 Å². The maximum atomic E-state index is 13.7. The van der Waals surface area contributed by atoms with Crippen LogP contribution in [0.4, 0.5) is 10.1 Å². The molecule has 96 valence electrons. The molecular weight excluding hydrogens is 237 g/mol. The van der Waals surface area contributed by atoms with Crippen LogP contribution in [-0.2, 0) is 9.47 Å². The highest BCUT2D eigenvalue weighted by Crippen LogP contribution is 2.20. The van der Waals surface area contributed by atoms with Crippen LogP contribution in [0.1, 0.15) is 12.0 Å². The second-order valence-electron chi connectivity index (χ2n) is 3.72. The molecule has 0 saturated carbocycles. The van der Waals surface area contributed by atoms with Crippen molar-refractivity contribution < 1.29 is 13.9 Å². The van der Waals surface area contributed by atoms with Gasteiger partial charge in [0, 0.05) is 26.1 Å². The van der Waals surface area contributed by atoms with Gasteiger partial charge >= 0.3 is 0 Å². The van der Waals surface area contributed by atoms with Crippen molar-refractivity contribution >= 4 is 5.69 Å². The molecule has 0 saturated heterocycles. The Balaban J connectivity index is 2.34. The number of nitrogens with two attached hydrogens (primary N) is 1. The first-order valence-electron chi connectivity index (χ1n) is 5.30. The van der Waals surface area contributed by atoms with Crippen molar-refractivity contribution in [1.82, 2.24) is 9.55 Å². The summed E-state index contributed by atoms with van der Waals surface area (Å²) in [6, 6.07) is 4.48. The first-order valence-corrected chi connectivity index (χ1v) is 5.30. The number of methoxy groups -OCH3 is 2. The molecule has 0 aliphatic carbocycles. The van der Waals surface area contributed by atoms with Gasteiger partial charge in [-0.2, -0.15) is 0 Å². The zero-order valence-corrected chi connectivity index (χ0v) is 10.1. The van der Waals surface area contributed by atoms with Gasteiger partial charge < -0.3 is 19.8 Å². The van der Waals surface area contributed by atoms with Crippen molar-refractivity contribution in [2.45, 2.75) is 6.29 Å². The zero-order valence-electron chi connectivity index (χ0n) is 10.1. The van der Waals surface area contributed by atoms with Crippen molar-refractivity contribution in [2.75, 3.05) is 20.0 Å². The van der Waals surface area contributed by atoms with Crippen LogP contribution in [-0.4, -0.2) is 23.8 Å². The summed E-state index contributed by atoms with van der Waals surface area (Å²) in [5.41, 5.74) is 6.81. The fourth-order valence-corrected chi connectivity index (χ4v) is 1.66. The number of anilines is 1. The highest BCUT2D eigenvalue weighted by molar-refractivity contribution is 5.46. The second kappa shape index (κ2) is 5.16. The number of imidazole rings is 1. The van der Waals surface area contributed by atoms with Crippen LogP contribution in [0.15, 0.2) is 30.7 Å². The third-order valence-corrected chi connectivity index (χ3v) is 2.52. The highest BCUT2D eigenvalue weighted by Gasteiger charge is 2.13. The van der Waals surface area contributed by atoms with Crippen LogP contribution < -0.4 is 5.73 Å². The molecule has 18 heavy (non-hydrogen) atoms. The molecule has 0 unspecified atom stereocenters. The summed E-state index contributed by atoms with van der Waals surface area (Å²) < 4.78 is 25.4. The largest absolute Gasteiger partial charge is 0.399 e. The van der Waals surface area contributed by atoms with Gasteiger partial charge in [-0.25, -0.2) is 9.37 Å². The van der Waals surface area contributed by atoms with Crippen LogP contribution in [0, 0.1) is 5.82 Å². The Labute approximate surface area is 104 Å². The van der Waals surface area contributed by atoms with E-state index in [4.69, 9.17) is 15.2 Å². The molecular formula is C12H14FN3O2. The standard InChI is InChI=1S/C12H14FN3O2/c1-17-12(18-2)10-6-16(7-15-10)11-4-3-8(14)5-9(11)13/h3-7,12H,14H2,1-2H3. The maximum absolute atomic E-state index is 13.7. The normalized spacial score (nSPS) is 11.1. The lowest BCUT2D eigenvalue weighted by Crippen LogP contribution is -2.03. The fraction of sp³-hybridized carbons (Fsp3) is 0.250. The molecule has 0 radical (unpaired) electrons. The van der Waals surface area contributed by atoms with Gasteiger partial charge in [-0.05, 0) is 18.2 Å². The number of aromatic nitrogens is 2. The van der Waals surface area contributed by atoms with Gasteiger partial charge in [0.1, 0.15) is 11.5 Å². The van der Waals surface area contributed by atoms with Crippen molar-refractivity contribution in [1.29, 1.82) is 0 Å². The molecule has 0 bridgehead atoms. The first-order chi connectivity index (χ1) is 8.65. The summed E-state index contributed by atoms with van der Waals surface area (Å²) in [6.45, 7) is 0. The van der Waals surface area contributed by atoms with E-state index >= 15 is 0 Å². The summed E-state index contributed by atoms with van der Waals surface area (Å²) >= 11 is 0. The Morgan fingerprint density at radius 3 is 2.67 bits per heavy atom. The smallest absolute Gasteiger partial charge is 0.202 e. The summed E-state index contributed by atoms with van der Waals surface area (Å²) in [7, 11) is 3.02. The predicted molar refractivity (Wildman–Crippen MR) is 64.7 cm³/mol. The average molecular weight is 251 g/mol. The van der Waals surface area contributed by atoms with Crippen molar-refractivity contribution in [3.05, 3.63) is 42.2 Å². The third-order valence-electron chi connectivity index (χ3n) is 2.52. The minimum absolute atomic E-state index is 0.369. The van der Waals surface area contributed by atoms with Crippen LogP contribution in [0.2, 0.25) is 0 Å². The molecule has 0 atom stereocenters. The Morgan fingerprint density at radius 2 is 2.06 bits per heavy atom. The molecule has 0 fully saturated rings. The van der Waals surface area contributed by atoms with E-state index in [1.807, 2.05) is 0 Å². The van der Waals surface area contributed by atoms with E-state index < -0.39 is 12.1 Å². The molecule has 1 aromatic heterocycles. The maximum Gasteiger partial charge on any atom is 0.202 e. The van der Waals surface area contributed by atoms with Crippen molar-refractivity contribution in [3.63, 3.8) is 0 Å². The molecule has 2 rings (SSSR count). The third kappa shape index (κ3) is 2.34. The van der Waals surface area contributed by atoms with Crippen LogP contribution in [0.25, 0.3) is 5.69 Å². The summed E-state index contributed by atoms with van der Waals surface area (Å²) in [5.74, 6) is -0.412. The Kier molecular flexibility index (Phi) is 3.59. The molecule has 0 aliphatic heterocycles. The Bertz CT molecular complexity index is 538. The SMILES string of the molecule is COC(OC)c1cn(-c2ccc(N)cc2F)cn1. The van der Waals surface area contributed by atoms with Gasteiger partial charge in [-0.15, -0.1) is 0 Å². The topological polar surface area (TPSA) is 62.3 Å². The molecule has 1 aromatic carbocycles. The lowest BCUT2D eigenvalue weighted by molar-refractivity contribution is -0.108. The van der Waals surface area contributed by atoms with Gasteiger partial charge in [0.2, 0.25) is 6.29 Å². The quantitative estimate of drug-likeness (QED) is 0.665. The van der Waals surface area contributed by atoms with E-state index in [0.717, 1.165) is 0 Å². The summed E-state index contributed by atoms with van der Waals surface area (Å²) in [4.78, 5) is 4.11. The van der Waals surface area contributed by atoms with Crippen molar-refractivity contribution in [2.24, 2.45) is 0 Å². The van der Waals surface area contributed by atoms with Gasteiger partial charge in [-0.3, -0.25) is 0 Å². The number of ether oxygens (including phenoxy) is 2. The number of nitrogen functional groups attached to an aromatic ring is 1. The van der Waals surface area contributed by atoms with Gasteiger partial charge in [-0.1, -0.05) is 0 Å². The molecule has 1 heterocycles. The number of rotatable bonds is 4. The van der Waals surface area contributed by atoms with E-state index in [1.54, 1.807) is 22.9 Å². The molecule has 0 spiro atoms. The number of hydrogen-bond acceptors (Lipinski definition) is 4. The zero-order chi connectivity index (χ0) is 13.1. The van der Waals surface area contributed by atoms with Gasteiger partial charge in [0.25, 0.3) is 0 Å². The number of hydrogen-bond donors (Lipinski definition) is 1. The average Bonchev–Trinajstić information content (AvgIpc) is 2.80. The van der Waals surface area contributed by atoms with Crippen molar-refractivity contribution in [3.8, 4) is 5.69 Å². The fourth-order valence-electron chi connectivity index (χ4n) is 1.66. The van der Waals surface area contributed by atoms with Crippen LogP contribution >= 0.6 is 0 Å². The molecule has 0 amide bonds. The molecule has 6 heteroatoms. The van der Waals surface area contributed by atoms with E-state index in [9.17, 15) is 4.39 Å². The highest BCUT2D eigenvalue weighted by atomic mass is 19.1. The number of nitrogens with zero attached hydrogens (tertiary/aromatic N) is 2. The summed E-state index contributed by atoms with van der Waals surface area (Å²) in [5, 5.41) is 0. The van der Waals surface area contributed by atoms with Crippen LogP contribution in [0.5, 0.6) is 0 Å². The van der Waals surface area contributed by atoms with E-state index in [1.165, 1.54) is 26.6 Å². The Hall–Kier alpha value is -1.92. The lowest BCUT2D eigenvalue weighted by atomic mass is 10.2. The number of halogens is 1. The Morgan fingerprint density at radius 1 is 1.33 bits per heavy atom. The predicted octanol–water partition coefficient (Wildman–Crippen LogP) is 1.89. The molecule has 2 aromatic rings. The van der Waals surface area contributed by atoms with Gasteiger partial charge in [0.05, 0.1) is 12.0 Å². The minimum Gasteiger partial charge on any atom is -0.399 e. The number of benzene rings is 1. The lowest BCUT2D eigenvalue weighted by Gasteiger charge is -2.09. The van der Waals surface area contributed by atoms with Crippen LogP contribution in [0.3, 0.4) is 0 Å². The van der Waals surface area contributed by atoms with E-state index in [0.29, 0.717) is 17.1 Å². The summed E-state index contributed by atoms with van der Waals surface area (Å²) in [6.07, 6.45) is 2.57. The molecule has 5 nitrogen and oxygen atoms in total. The second-order valence-corrected chi connectivity index (χ2v) is 3.72. The van der Waals surface area contributed by atoms with E-state index in [2.05, 4.69) is 4.98 Å². The molecule has 0 aliphatic rings.